The molecule has 0 fully saturated rings. The van der Waals surface area contributed by atoms with Gasteiger partial charge in [-0.3, -0.25) is 0 Å². The van der Waals surface area contributed by atoms with E-state index in [4.69, 9.17) is 33.9 Å². The van der Waals surface area contributed by atoms with Gasteiger partial charge in [-0.1, -0.05) is 23.2 Å². The van der Waals surface area contributed by atoms with E-state index in [1.807, 2.05) is 0 Å². The lowest BCUT2D eigenvalue weighted by Gasteiger charge is -2.00. The molecule has 0 radical (unpaired) electrons. The second-order valence-corrected chi connectivity index (χ2v) is 5.52. The van der Waals surface area contributed by atoms with E-state index in [0.29, 0.717) is 0 Å². The quantitative estimate of drug-likeness (QED) is 0.576. The maximum absolute atomic E-state index is 12.8. The Balaban J connectivity index is 3.47. The van der Waals surface area contributed by atoms with Crippen LogP contribution in [0.1, 0.15) is 0 Å². The maximum atomic E-state index is 12.8. The normalized spacial score (nSPS) is 11.7. The maximum Gasteiger partial charge on any atom is 0.261 e. The van der Waals surface area contributed by atoms with Gasteiger partial charge >= 0.3 is 0 Å². The topological polar surface area (TPSA) is 34.1 Å². The van der Waals surface area contributed by atoms with Gasteiger partial charge in [0.1, 0.15) is 0 Å². The minimum absolute atomic E-state index is 0.328. The van der Waals surface area contributed by atoms with E-state index in [-0.39, 0.29) is 14.9 Å². The second kappa shape index (κ2) is 3.61. The fraction of sp³-hybridized carbons (Fsp3) is 0. The van der Waals surface area contributed by atoms with Crippen LogP contribution in [0.25, 0.3) is 0 Å². The summed E-state index contributed by atoms with van der Waals surface area (Å²) < 4.78 is 34.3. The molecule has 2 nitrogen and oxygen atoms in total. The smallest absolute Gasteiger partial charge is 0.207 e. The van der Waals surface area contributed by atoms with E-state index in [0.717, 1.165) is 12.1 Å². The molecule has 72 valence electrons. The first kappa shape index (κ1) is 11.0. The van der Waals surface area contributed by atoms with Crippen LogP contribution in [-0.4, -0.2) is 8.42 Å². The van der Waals surface area contributed by atoms with Gasteiger partial charge in [-0.2, -0.15) is 0 Å². The van der Waals surface area contributed by atoms with Gasteiger partial charge < -0.3 is 0 Å². The van der Waals surface area contributed by atoms with Crippen molar-refractivity contribution < 1.29 is 12.8 Å². The third-order valence-corrected chi connectivity index (χ3v) is 3.12. The van der Waals surface area contributed by atoms with E-state index in [1.165, 1.54) is 0 Å². The predicted molar refractivity (Wildman–Crippen MR) is 49.5 cm³/mol. The van der Waals surface area contributed by atoms with Crippen LogP contribution >= 0.6 is 33.9 Å². The summed E-state index contributed by atoms with van der Waals surface area (Å²) in [5.74, 6) is -0.868. The summed E-state index contributed by atoms with van der Waals surface area (Å²) in [5.41, 5.74) is 0. The van der Waals surface area contributed by atoms with E-state index in [9.17, 15) is 12.8 Å². The lowest BCUT2D eigenvalue weighted by atomic mass is 10.3. The van der Waals surface area contributed by atoms with Crippen molar-refractivity contribution in [3.05, 3.63) is 28.0 Å². The second-order valence-electron chi connectivity index (χ2n) is 2.14. The SMILES string of the molecule is O=S(=O)(Cl)c1cc(Cl)c(F)c(Cl)c1. The highest BCUT2D eigenvalue weighted by Gasteiger charge is 2.15. The monoisotopic (exact) mass is 262 g/mol. The molecule has 1 aromatic rings. The molecule has 0 N–H and O–H groups in total. The third-order valence-electron chi connectivity index (χ3n) is 1.24. The zero-order valence-electron chi connectivity index (χ0n) is 5.89. The largest absolute Gasteiger partial charge is 0.261 e. The molecule has 1 aromatic carbocycles. The van der Waals surface area contributed by atoms with Crippen molar-refractivity contribution in [2.45, 2.75) is 4.90 Å². The van der Waals surface area contributed by atoms with Gasteiger partial charge in [-0.05, 0) is 12.1 Å². The van der Waals surface area contributed by atoms with Crippen LogP contribution in [0, 0.1) is 5.82 Å². The van der Waals surface area contributed by atoms with E-state index >= 15 is 0 Å². The summed E-state index contributed by atoms with van der Waals surface area (Å²) in [6.07, 6.45) is 0. The van der Waals surface area contributed by atoms with Gasteiger partial charge in [0.25, 0.3) is 9.05 Å². The number of hydrogen-bond acceptors (Lipinski definition) is 2. The molecule has 0 aliphatic heterocycles. The van der Waals surface area contributed by atoms with E-state index in [2.05, 4.69) is 0 Å². The Morgan fingerprint density at radius 1 is 1.15 bits per heavy atom. The number of halogens is 4. The minimum atomic E-state index is -3.93. The minimum Gasteiger partial charge on any atom is -0.207 e. The Bertz CT molecular complexity index is 420. The van der Waals surface area contributed by atoms with Gasteiger partial charge in [-0.15, -0.1) is 0 Å². The lowest BCUT2D eigenvalue weighted by Crippen LogP contribution is -1.92. The van der Waals surface area contributed by atoms with Gasteiger partial charge in [0.15, 0.2) is 5.82 Å². The van der Waals surface area contributed by atoms with Crippen LogP contribution in [0.15, 0.2) is 17.0 Å². The first-order valence-corrected chi connectivity index (χ1v) is 5.98. The summed E-state index contributed by atoms with van der Waals surface area (Å²) in [6.45, 7) is 0. The molecule has 0 saturated carbocycles. The van der Waals surface area contributed by atoms with Crippen LogP contribution in [-0.2, 0) is 9.05 Å². The number of hydrogen-bond donors (Lipinski definition) is 0. The molecule has 0 atom stereocenters. The summed E-state index contributed by atoms with van der Waals surface area (Å²) in [7, 11) is 1.06. The van der Waals surface area contributed by atoms with Gasteiger partial charge in [0, 0.05) is 10.7 Å². The fourth-order valence-corrected chi connectivity index (χ4v) is 2.07. The van der Waals surface area contributed by atoms with Gasteiger partial charge in [0.05, 0.1) is 14.9 Å². The average molecular weight is 264 g/mol. The molecule has 0 saturated heterocycles. The van der Waals surface area contributed by atoms with Crippen LogP contribution in [0.3, 0.4) is 0 Å². The Morgan fingerprint density at radius 2 is 1.54 bits per heavy atom. The molecule has 7 heteroatoms. The Hall–Kier alpha value is -0.0300. The Kier molecular flexibility index (Phi) is 3.07. The summed E-state index contributed by atoms with van der Waals surface area (Å²) in [6, 6.07) is 1.79. The molecule has 0 unspecified atom stereocenters. The van der Waals surface area contributed by atoms with Gasteiger partial charge in [-0.25, -0.2) is 12.8 Å². The summed E-state index contributed by atoms with van der Waals surface area (Å²) in [5, 5.41) is -0.765. The van der Waals surface area contributed by atoms with E-state index < -0.39 is 14.9 Å². The Morgan fingerprint density at radius 3 is 1.85 bits per heavy atom. The standard InChI is InChI=1S/C6H2Cl3FO2S/c7-4-1-3(13(9,11)12)2-5(8)6(4)10/h1-2H. The zero-order valence-corrected chi connectivity index (χ0v) is 8.98. The third kappa shape index (κ3) is 2.47. The molecule has 13 heavy (non-hydrogen) atoms. The first-order valence-electron chi connectivity index (χ1n) is 2.91. The molecule has 1 rings (SSSR count). The zero-order chi connectivity index (χ0) is 10.2. The van der Waals surface area contributed by atoms with Crippen molar-refractivity contribution in [2.24, 2.45) is 0 Å². The first-order chi connectivity index (χ1) is 5.82. The van der Waals surface area contributed by atoms with Crippen LogP contribution in [0.2, 0.25) is 10.0 Å². The highest BCUT2D eigenvalue weighted by molar-refractivity contribution is 8.13. The number of benzene rings is 1. The average Bonchev–Trinajstić information content (AvgIpc) is 1.97. The van der Waals surface area contributed by atoms with E-state index in [1.54, 1.807) is 0 Å². The molecule has 0 aromatic heterocycles. The van der Waals surface area contributed by atoms with Crippen molar-refractivity contribution in [1.82, 2.24) is 0 Å². The van der Waals surface area contributed by atoms with Crippen molar-refractivity contribution in [2.75, 3.05) is 0 Å². The van der Waals surface area contributed by atoms with Crippen LogP contribution in [0.5, 0.6) is 0 Å². The van der Waals surface area contributed by atoms with Crippen LogP contribution in [0.4, 0.5) is 4.39 Å². The highest BCUT2D eigenvalue weighted by Crippen LogP contribution is 2.28. The Labute approximate surface area is 88.6 Å². The number of rotatable bonds is 1. The lowest BCUT2D eigenvalue weighted by molar-refractivity contribution is 0.607. The molecule has 0 bridgehead atoms. The highest BCUT2D eigenvalue weighted by atomic mass is 35.7. The van der Waals surface area contributed by atoms with Crippen LogP contribution < -0.4 is 0 Å². The summed E-state index contributed by atoms with van der Waals surface area (Å²) in [4.78, 5) is -0.328. The molecule has 0 spiro atoms. The molecule has 0 heterocycles. The molecular weight excluding hydrogens is 261 g/mol. The molecule has 0 aliphatic rings. The van der Waals surface area contributed by atoms with Crippen molar-refractivity contribution in [3.63, 3.8) is 0 Å². The van der Waals surface area contributed by atoms with Gasteiger partial charge in [0.2, 0.25) is 0 Å². The molecule has 0 aliphatic carbocycles. The molecule has 0 amide bonds. The van der Waals surface area contributed by atoms with Crippen molar-refractivity contribution in [3.8, 4) is 0 Å². The summed E-state index contributed by atoms with van der Waals surface area (Å²) >= 11 is 10.7. The van der Waals surface area contributed by atoms with Crippen molar-refractivity contribution in [1.29, 1.82) is 0 Å². The predicted octanol–water partition coefficient (Wildman–Crippen LogP) is 3.06. The fourth-order valence-electron chi connectivity index (χ4n) is 0.673. The molecular formula is C6H2Cl3FO2S. The van der Waals surface area contributed by atoms with Crippen molar-refractivity contribution >= 4 is 42.9 Å².